The quantitative estimate of drug-likeness (QED) is 0.587. The zero-order valence-electron chi connectivity index (χ0n) is 9.71. The van der Waals surface area contributed by atoms with Gasteiger partial charge in [-0.25, -0.2) is 9.37 Å². The van der Waals surface area contributed by atoms with E-state index in [2.05, 4.69) is 31.2 Å². The van der Waals surface area contributed by atoms with Gasteiger partial charge < -0.3 is 16.0 Å². The SMILES string of the molecule is Nc1cc(F)c(Br)cc1NCCCc1ncc[nH]1. The maximum atomic E-state index is 13.2. The maximum absolute atomic E-state index is 13.2. The monoisotopic (exact) mass is 312 g/mol. The Kier molecular flexibility index (Phi) is 4.19. The Hall–Kier alpha value is -1.56. The van der Waals surface area contributed by atoms with Gasteiger partial charge in [0.1, 0.15) is 11.6 Å². The van der Waals surface area contributed by atoms with Crippen molar-refractivity contribution in [3.05, 3.63) is 40.6 Å². The van der Waals surface area contributed by atoms with Gasteiger partial charge in [0.15, 0.2) is 0 Å². The molecule has 0 radical (unpaired) electrons. The van der Waals surface area contributed by atoms with Crippen LogP contribution in [0.2, 0.25) is 0 Å². The van der Waals surface area contributed by atoms with Crippen LogP contribution in [0, 0.1) is 5.82 Å². The van der Waals surface area contributed by atoms with Gasteiger partial charge in [0.25, 0.3) is 0 Å². The van der Waals surface area contributed by atoms with E-state index < -0.39 is 0 Å². The standard InChI is InChI=1S/C12H14BrFN4/c13-8-6-11(10(15)7-9(8)14)16-3-1-2-12-17-4-5-18-12/h4-7,16H,1-3,15H2,(H,17,18). The van der Waals surface area contributed by atoms with E-state index in [1.807, 2.05) is 0 Å². The molecule has 2 rings (SSSR count). The molecule has 0 aliphatic carbocycles. The van der Waals surface area contributed by atoms with Crippen LogP contribution in [0.15, 0.2) is 29.0 Å². The van der Waals surface area contributed by atoms with Crippen LogP contribution < -0.4 is 11.1 Å². The Morgan fingerprint density at radius 3 is 3.00 bits per heavy atom. The summed E-state index contributed by atoms with van der Waals surface area (Å²) in [7, 11) is 0. The van der Waals surface area contributed by atoms with E-state index in [-0.39, 0.29) is 5.82 Å². The summed E-state index contributed by atoms with van der Waals surface area (Å²) in [5.74, 6) is 0.610. The first-order valence-corrected chi connectivity index (χ1v) is 6.43. The lowest BCUT2D eigenvalue weighted by Crippen LogP contribution is -2.06. The molecular weight excluding hydrogens is 299 g/mol. The van der Waals surface area contributed by atoms with Crippen molar-refractivity contribution < 1.29 is 4.39 Å². The smallest absolute Gasteiger partial charge is 0.139 e. The van der Waals surface area contributed by atoms with E-state index in [9.17, 15) is 4.39 Å². The van der Waals surface area contributed by atoms with Crippen LogP contribution in [0.3, 0.4) is 0 Å². The number of nitrogen functional groups attached to an aromatic ring is 1. The minimum Gasteiger partial charge on any atom is -0.397 e. The molecule has 0 unspecified atom stereocenters. The molecule has 0 saturated heterocycles. The summed E-state index contributed by atoms with van der Waals surface area (Å²) in [6.07, 6.45) is 5.32. The topological polar surface area (TPSA) is 66.7 Å². The predicted molar refractivity (Wildman–Crippen MR) is 73.9 cm³/mol. The number of halogens is 2. The number of anilines is 2. The van der Waals surface area contributed by atoms with E-state index in [0.717, 1.165) is 30.9 Å². The van der Waals surface area contributed by atoms with Crippen molar-refractivity contribution in [3.63, 3.8) is 0 Å². The number of aromatic amines is 1. The minimum absolute atomic E-state index is 0.353. The average Bonchev–Trinajstić information content (AvgIpc) is 2.84. The van der Waals surface area contributed by atoms with E-state index >= 15 is 0 Å². The van der Waals surface area contributed by atoms with E-state index in [1.54, 1.807) is 18.5 Å². The number of H-pyrrole nitrogens is 1. The highest BCUT2D eigenvalue weighted by Crippen LogP contribution is 2.26. The Morgan fingerprint density at radius 2 is 2.28 bits per heavy atom. The third kappa shape index (κ3) is 3.22. The summed E-state index contributed by atoms with van der Waals surface area (Å²) in [5, 5.41) is 3.18. The third-order valence-electron chi connectivity index (χ3n) is 2.55. The van der Waals surface area contributed by atoms with Crippen molar-refractivity contribution in [1.82, 2.24) is 9.97 Å². The van der Waals surface area contributed by atoms with Gasteiger partial charge in [-0.1, -0.05) is 0 Å². The van der Waals surface area contributed by atoms with Crippen molar-refractivity contribution in [3.8, 4) is 0 Å². The van der Waals surface area contributed by atoms with Gasteiger partial charge in [-0.2, -0.15) is 0 Å². The summed E-state index contributed by atoms with van der Waals surface area (Å²) in [4.78, 5) is 7.18. The van der Waals surface area contributed by atoms with Gasteiger partial charge in [0, 0.05) is 31.4 Å². The lowest BCUT2D eigenvalue weighted by atomic mass is 10.2. The number of rotatable bonds is 5. The first kappa shape index (κ1) is 12.9. The number of hydrogen-bond acceptors (Lipinski definition) is 3. The Bertz CT molecular complexity index is 513. The maximum Gasteiger partial charge on any atom is 0.139 e. The second-order valence-corrected chi connectivity index (χ2v) is 4.77. The lowest BCUT2D eigenvalue weighted by molar-refractivity contribution is 0.622. The molecule has 1 aromatic carbocycles. The number of nitrogens with one attached hydrogen (secondary N) is 2. The number of aryl methyl sites for hydroxylation is 1. The van der Waals surface area contributed by atoms with Crippen molar-refractivity contribution >= 4 is 27.3 Å². The summed E-state index contributed by atoms with van der Waals surface area (Å²) in [6, 6.07) is 2.95. The fourth-order valence-corrected chi connectivity index (χ4v) is 1.97. The van der Waals surface area contributed by atoms with Gasteiger partial charge >= 0.3 is 0 Å². The van der Waals surface area contributed by atoms with Crippen molar-refractivity contribution in [1.29, 1.82) is 0 Å². The molecule has 0 bridgehead atoms. The van der Waals surface area contributed by atoms with Crippen LogP contribution in [-0.4, -0.2) is 16.5 Å². The van der Waals surface area contributed by atoms with Gasteiger partial charge in [0.05, 0.1) is 15.8 Å². The van der Waals surface area contributed by atoms with Crippen LogP contribution in [-0.2, 0) is 6.42 Å². The number of hydrogen-bond donors (Lipinski definition) is 3. The summed E-state index contributed by atoms with van der Waals surface area (Å²) in [6.45, 7) is 0.753. The first-order valence-electron chi connectivity index (χ1n) is 5.63. The van der Waals surface area contributed by atoms with Crippen LogP contribution in [0.4, 0.5) is 15.8 Å². The molecule has 4 nitrogen and oxygen atoms in total. The van der Waals surface area contributed by atoms with Gasteiger partial charge in [-0.15, -0.1) is 0 Å². The van der Waals surface area contributed by atoms with Gasteiger partial charge in [-0.05, 0) is 28.4 Å². The molecule has 0 amide bonds. The molecule has 0 fully saturated rings. The number of imidazole rings is 1. The minimum atomic E-state index is -0.353. The fourth-order valence-electron chi connectivity index (χ4n) is 1.63. The molecular formula is C12H14BrFN4. The summed E-state index contributed by atoms with van der Waals surface area (Å²) >= 11 is 3.14. The van der Waals surface area contributed by atoms with Crippen molar-refractivity contribution in [2.45, 2.75) is 12.8 Å². The second-order valence-electron chi connectivity index (χ2n) is 3.92. The van der Waals surface area contributed by atoms with Gasteiger partial charge in [0.2, 0.25) is 0 Å². The molecule has 1 aromatic heterocycles. The zero-order valence-corrected chi connectivity index (χ0v) is 11.3. The molecule has 0 aliphatic rings. The number of aromatic nitrogens is 2. The summed E-state index contributed by atoms with van der Waals surface area (Å²) < 4.78 is 13.6. The molecule has 0 saturated carbocycles. The molecule has 0 atom stereocenters. The van der Waals surface area contributed by atoms with E-state index in [4.69, 9.17) is 5.73 Å². The molecule has 4 N–H and O–H groups in total. The normalized spacial score (nSPS) is 10.6. The van der Waals surface area contributed by atoms with Gasteiger partial charge in [-0.3, -0.25) is 0 Å². The zero-order chi connectivity index (χ0) is 13.0. The highest BCUT2D eigenvalue weighted by Gasteiger charge is 2.05. The summed E-state index contributed by atoms with van der Waals surface area (Å²) in [5.41, 5.74) is 6.87. The van der Waals surface area contributed by atoms with E-state index in [0.29, 0.717) is 10.2 Å². The molecule has 2 aromatic rings. The van der Waals surface area contributed by atoms with Crippen LogP contribution in [0.5, 0.6) is 0 Å². The Morgan fingerprint density at radius 1 is 1.44 bits per heavy atom. The molecule has 0 spiro atoms. The highest BCUT2D eigenvalue weighted by atomic mass is 79.9. The van der Waals surface area contributed by atoms with Crippen molar-refractivity contribution in [2.75, 3.05) is 17.6 Å². The largest absolute Gasteiger partial charge is 0.397 e. The lowest BCUT2D eigenvalue weighted by Gasteiger charge is -2.09. The molecule has 96 valence electrons. The third-order valence-corrected chi connectivity index (χ3v) is 3.16. The second kappa shape index (κ2) is 5.86. The highest BCUT2D eigenvalue weighted by molar-refractivity contribution is 9.10. The Labute approximate surface area is 113 Å². The Balaban J connectivity index is 1.85. The predicted octanol–water partition coefficient (Wildman–Crippen LogP) is 2.94. The van der Waals surface area contributed by atoms with Crippen molar-refractivity contribution in [2.24, 2.45) is 0 Å². The molecule has 18 heavy (non-hydrogen) atoms. The van der Waals surface area contributed by atoms with Crippen LogP contribution in [0.1, 0.15) is 12.2 Å². The molecule has 1 heterocycles. The van der Waals surface area contributed by atoms with E-state index in [1.165, 1.54) is 6.07 Å². The number of nitrogens with zero attached hydrogens (tertiary/aromatic N) is 1. The fraction of sp³-hybridized carbons (Fsp3) is 0.250. The van der Waals surface area contributed by atoms with Crippen LogP contribution in [0.25, 0.3) is 0 Å². The number of benzene rings is 1. The first-order chi connectivity index (χ1) is 8.66. The number of nitrogens with two attached hydrogens (primary N) is 1. The van der Waals surface area contributed by atoms with Crippen LogP contribution >= 0.6 is 15.9 Å². The molecule has 6 heteroatoms. The average molecular weight is 313 g/mol. The molecule has 0 aliphatic heterocycles.